The van der Waals surface area contributed by atoms with Crippen LogP contribution in [0.2, 0.25) is 0 Å². The summed E-state index contributed by atoms with van der Waals surface area (Å²) in [6, 6.07) is 6.00. The van der Waals surface area contributed by atoms with Gasteiger partial charge in [-0.25, -0.2) is 14.4 Å². The largest absolute Gasteiger partial charge is 0.493 e. The summed E-state index contributed by atoms with van der Waals surface area (Å²) in [6.45, 7) is 7.06. The number of carbonyl (C=O) groups excluding carboxylic acids is 2. The lowest BCUT2D eigenvalue weighted by molar-refractivity contribution is -0.159. The van der Waals surface area contributed by atoms with Gasteiger partial charge in [0.1, 0.15) is 0 Å². The topological polar surface area (TPSA) is 146 Å². The average molecular weight is 510 g/mol. The van der Waals surface area contributed by atoms with Gasteiger partial charge in [-0.2, -0.15) is 0 Å². The van der Waals surface area contributed by atoms with Gasteiger partial charge in [0.15, 0.2) is 11.5 Å². The number of amides is 2. The van der Waals surface area contributed by atoms with Gasteiger partial charge in [-0.05, 0) is 50.6 Å². The molecule has 2 aliphatic rings. The number of carboxylic acid groups (broad SMARTS) is 2. The summed E-state index contributed by atoms with van der Waals surface area (Å²) in [5, 5.41) is 14.8. The molecule has 36 heavy (non-hydrogen) atoms. The number of hydrogen-bond donors (Lipinski definition) is 2. The molecular formula is C24H35N3O9. The number of carbonyl (C=O) groups is 4. The molecular weight excluding hydrogens is 474 g/mol. The highest BCUT2D eigenvalue weighted by atomic mass is 16.6. The number of rotatable bonds is 6. The van der Waals surface area contributed by atoms with Crippen LogP contribution in [0.3, 0.4) is 0 Å². The van der Waals surface area contributed by atoms with Crippen LogP contribution in [0.5, 0.6) is 11.5 Å². The summed E-state index contributed by atoms with van der Waals surface area (Å²) in [5.41, 5.74) is 1.17. The molecule has 0 saturated carbocycles. The zero-order valence-corrected chi connectivity index (χ0v) is 21.0. The zero-order valence-electron chi connectivity index (χ0n) is 21.0. The molecule has 0 radical (unpaired) electrons. The molecule has 0 aliphatic carbocycles. The monoisotopic (exact) mass is 509 g/mol. The van der Waals surface area contributed by atoms with E-state index >= 15 is 0 Å². The molecule has 12 nitrogen and oxygen atoms in total. The molecule has 0 unspecified atom stereocenters. The molecule has 2 heterocycles. The minimum Gasteiger partial charge on any atom is -0.493 e. The number of likely N-dealkylation sites (tertiary alicyclic amines) is 1. The van der Waals surface area contributed by atoms with Crippen LogP contribution in [-0.4, -0.2) is 109 Å². The zero-order chi connectivity index (χ0) is 26.7. The predicted molar refractivity (Wildman–Crippen MR) is 128 cm³/mol. The molecule has 2 amide bonds. The lowest BCUT2D eigenvalue weighted by atomic mass is 9.94. The van der Waals surface area contributed by atoms with Crippen LogP contribution in [0.15, 0.2) is 18.2 Å². The first-order chi connectivity index (χ1) is 17.2. The van der Waals surface area contributed by atoms with Crippen molar-refractivity contribution in [1.29, 1.82) is 0 Å². The normalized spacial score (nSPS) is 16.4. The van der Waals surface area contributed by atoms with Crippen molar-refractivity contribution in [1.82, 2.24) is 14.7 Å². The molecule has 2 saturated heterocycles. The van der Waals surface area contributed by atoms with Crippen molar-refractivity contribution in [2.45, 2.75) is 26.3 Å². The van der Waals surface area contributed by atoms with Gasteiger partial charge < -0.3 is 34.2 Å². The molecule has 0 spiro atoms. The lowest BCUT2D eigenvalue weighted by Crippen LogP contribution is -2.53. The fourth-order valence-electron chi connectivity index (χ4n) is 4.16. The summed E-state index contributed by atoms with van der Waals surface area (Å²) in [7, 11) is 3.28. The van der Waals surface area contributed by atoms with E-state index in [-0.39, 0.29) is 17.9 Å². The minimum atomic E-state index is -1.82. The lowest BCUT2D eigenvalue weighted by Gasteiger charge is -2.38. The molecule has 200 valence electrons. The number of methoxy groups -OCH3 is 2. The molecule has 0 aromatic heterocycles. The van der Waals surface area contributed by atoms with Gasteiger partial charge in [0.05, 0.1) is 20.8 Å². The van der Waals surface area contributed by atoms with E-state index in [2.05, 4.69) is 11.0 Å². The number of piperazine rings is 1. The van der Waals surface area contributed by atoms with Crippen LogP contribution < -0.4 is 9.47 Å². The molecule has 3 rings (SSSR count). The first kappa shape index (κ1) is 28.7. The van der Waals surface area contributed by atoms with Crippen molar-refractivity contribution >= 4 is 23.9 Å². The Kier molecular flexibility index (Phi) is 11.3. The van der Waals surface area contributed by atoms with Gasteiger partial charge in [-0.3, -0.25) is 9.69 Å². The Morgan fingerprint density at radius 1 is 0.861 bits per heavy atom. The summed E-state index contributed by atoms with van der Waals surface area (Å²) < 4.78 is 15.7. The number of benzene rings is 1. The second-order valence-corrected chi connectivity index (χ2v) is 8.36. The highest BCUT2D eigenvalue weighted by Crippen LogP contribution is 2.29. The minimum absolute atomic E-state index is 0.0702. The Balaban J connectivity index is 0.000000678. The number of carboxylic acids is 2. The molecule has 2 aliphatic heterocycles. The van der Waals surface area contributed by atoms with E-state index in [1.165, 1.54) is 5.56 Å². The van der Waals surface area contributed by atoms with Crippen molar-refractivity contribution in [2.75, 3.05) is 60.1 Å². The standard InChI is InChI=1S/C22H33N3O5.C2H2O4/c1-4-30-22(27)25-13-11-24(12-14-25)21(26)18-7-9-23(10-8-18)16-17-5-6-19(28-2)20(15-17)29-3;3-1(4)2(5)6/h5-6,15,18H,4,7-14,16H2,1-3H3;(H,3,4)(H,5,6). The molecule has 12 heteroatoms. The van der Waals surface area contributed by atoms with E-state index in [4.69, 9.17) is 34.0 Å². The fourth-order valence-corrected chi connectivity index (χ4v) is 4.16. The maximum absolute atomic E-state index is 12.9. The second-order valence-electron chi connectivity index (χ2n) is 8.36. The maximum Gasteiger partial charge on any atom is 0.414 e. The Hall–Kier alpha value is -3.54. The highest BCUT2D eigenvalue weighted by molar-refractivity contribution is 6.27. The maximum atomic E-state index is 12.9. The van der Waals surface area contributed by atoms with Crippen LogP contribution >= 0.6 is 0 Å². The van der Waals surface area contributed by atoms with E-state index in [1.54, 1.807) is 26.0 Å². The summed E-state index contributed by atoms with van der Waals surface area (Å²) >= 11 is 0. The average Bonchev–Trinajstić information content (AvgIpc) is 2.89. The molecule has 1 aromatic carbocycles. The van der Waals surface area contributed by atoms with Crippen molar-refractivity contribution < 1.29 is 43.6 Å². The van der Waals surface area contributed by atoms with Gasteiger partial charge in [-0.15, -0.1) is 0 Å². The van der Waals surface area contributed by atoms with E-state index in [0.29, 0.717) is 32.8 Å². The van der Waals surface area contributed by atoms with Crippen molar-refractivity contribution in [2.24, 2.45) is 5.92 Å². The van der Waals surface area contributed by atoms with Gasteiger partial charge in [0.2, 0.25) is 5.91 Å². The van der Waals surface area contributed by atoms with Crippen molar-refractivity contribution in [3.05, 3.63) is 23.8 Å². The van der Waals surface area contributed by atoms with Crippen LogP contribution in [0.25, 0.3) is 0 Å². The quantitative estimate of drug-likeness (QED) is 0.539. The van der Waals surface area contributed by atoms with Crippen molar-refractivity contribution in [3.8, 4) is 11.5 Å². The first-order valence-electron chi connectivity index (χ1n) is 11.8. The summed E-state index contributed by atoms with van der Waals surface area (Å²) in [6.07, 6.45) is 1.45. The third-order valence-electron chi connectivity index (χ3n) is 6.09. The Labute approximate surface area is 210 Å². The number of aliphatic carboxylic acids is 2. The third kappa shape index (κ3) is 8.29. The molecule has 2 fully saturated rings. The number of hydrogen-bond acceptors (Lipinski definition) is 8. The molecule has 1 aromatic rings. The summed E-state index contributed by atoms with van der Waals surface area (Å²) in [5.74, 6) is -1.88. The Morgan fingerprint density at radius 3 is 1.92 bits per heavy atom. The number of nitrogens with zero attached hydrogens (tertiary/aromatic N) is 3. The highest BCUT2D eigenvalue weighted by Gasteiger charge is 2.31. The second kappa shape index (κ2) is 14.1. The SMILES string of the molecule is CCOC(=O)N1CCN(C(=O)C2CCN(Cc3ccc(OC)c(OC)c3)CC2)CC1.O=C(O)C(=O)O. The molecule has 2 N–H and O–H groups in total. The number of ether oxygens (including phenoxy) is 3. The van der Waals surface area contributed by atoms with Gasteiger partial charge in [-0.1, -0.05) is 6.07 Å². The smallest absolute Gasteiger partial charge is 0.414 e. The first-order valence-corrected chi connectivity index (χ1v) is 11.8. The van der Waals surface area contributed by atoms with E-state index in [9.17, 15) is 9.59 Å². The van der Waals surface area contributed by atoms with Gasteiger partial charge >= 0.3 is 18.0 Å². The third-order valence-corrected chi connectivity index (χ3v) is 6.09. The fraction of sp³-hybridized carbons (Fsp3) is 0.583. The van der Waals surface area contributed by atoms with E-state index < -0.39 is 11.9 Å². The van der Waals surface area contributed by atoms with Gasteiger partial charge in [0, 0.05) is 38.6 Å². The molecule has 0 atom stereocenters. The van der Waals surface area contributed by atoms with Crippen LogP contribution in [0.1, 0.15) is 25.3 Å². The van der Waals surface area contributed by atoms with Crippen LogP contribution in [0, 0.1) is 5.92 Å². The van der Waals surface area contributed by atoms with Crippen molar-refractivity contribution in [3.63, 3.8) is 0 Å². The molecule has 0 bridgehead atoms. The number of piperidine rings is 1. The van der Waals surface area contributed by atoms with Crippen LogP contribution in [-0.2, 0) is 25.7 Å². The Bertz CT molecular complexity index is 896. The Morgan fingerprint density at radius 2 is 1.42 bits per heavy atom. The van der Waals surface area contributed by atoms with Crippen LogP contribution in [0.4, 0.5) is 4.79 Å². The van der Waals surface area contributed by atoms with E-state index in [1.807, 2.05) is 17.0 Å². The van der Waals surface area contributed by atoms with Gasteiger partial charge in [0.25, 0.3) is 0 Å². The summed E-state index contributed by atoms with van der Waals surface area (Å²) in [4.78, 5) is 48.9. The van der Waals surface area contributed by atoms with E-state index in [0.717, 1.165) is 44.0 Å². The predicted octanol–water partition coefficient (Wildman–Crippen LogP) is 1.37.